The highest BCUT2D eigenvalue weighted by Gasteiger charge is 2.41. The third-order valence-corrected chi connectivity index (χ3v) is 5.75. The molecule has 2 heterocycles. The largest absolute Gasteiger partial charge is 0.573 e. The minimum atomic E-state index is -5.17. The molecule has 3 aromatic rings. The van der Waals surface area contributed by atoms with Crippen molar-refractivity contribution in [3.05, 3.63) is 48.4 Å². The molecule has 1 fully saturated rings. The number of carbonyl (C=O) groups excluding carboxylic acids is 3. The van der Waals surface area contributed by atoms with E-state index in [4.69, 9.17) is 10.5 Å². The Kier molecular flexibility index (Phi) is 7.02. The Labute approximate surface area is 211 Å². The number of amides is 4. The predicted molar refractivity (Wildman–Crippen MR) is 124 cm³/mol. The van der Waals surface area contributed by atoms with Gasteiger partial charge in [-0.1, -0.05) is 6.07 Å². The number of carbonyl (C=O) groups is 3. The van der Waals surface area contributed by atoms with Crippen molar-refractivity contribution in [2.75, 3.05) is 24.3 Å². The lowest BCUT2D eigenvalue weighted by molar-refractivity contribution is -0.275. The van der Waals surface area contributed by atoms with Crippen LogP contribution in [-0.2, 0) is 4.79 Å². The van der Waals surface area contributed by atoms with E-state index in [2.05, 4.69) is 15.4 Å². The van der Waals surface area contributed by atoms with Crippen LogP contribution in [0, 0.1) is 5.82 Å². The van der Waals surface area contributed by atoms with Gasteiger partial charge >= 0.3 is 18.4 Å². The summed E-state index contributed by atoms with van der Waals surface area (Å²) in [5.41, 5.74) is 5.18. The summed E-state index contributed by atoms with van der Waals surface area (Å²) in [5.74, 6) is -3.32. The lowest BCUT2D eigenvalue weighted by atomic mass is 10.2. The number of alkyl halides is 4. The van der Waals surface area contributed by atoms with Gasteiger partial charge in [0.2, 0.25) is 5.91 Å². The van der Waals surface area contributed by atoms with Crippen molar-refractivity contribution < 1.29 is 45.8 Å². The standard InChI is InChI=1S/C23H20F5N5O5/c1-37-12-5-6-16-13(8-12)15(10-32(16)21(29)35)31-22(36)33-9-11(24)7-17(33)20(34)30-14-3-2-4-18(19(14)25)38-23(26,27)28/h2-6,8,10-11,17H,7,9H2,1H3,(H2,29,35)(H,30,34)(H,31,36)/t11-,17+/m1/s1. The molecule has 202 valence electrons. The zero-order chi connectivity index (χ0) is 27.8. The van der Waals surface area contributed by atoms with Crippen LogP contribution in [0.1, 0.15) is 6.42 Å². The van der Waals surface area contributed by atoms with Gasteiger partial charge in [-0.05, 0) is 30.3 Å². The number of methoxy groups -OCH3 is 1. The molecule has 4 rings (SSSR count). The molecule has 0 saturated carbocycles. The number of primary amides is 1. The molecule has 15 heteroatoms. The topological polar surface area (TPSA) is 128 Å². The summed E-state index contributed by atoms with van der Waals surface area (Å²) in [6, 6.07) is 4.12. The Balaban J connectivity index is 1.56. The van der Waals surface area contributed by atoms with Crippen LogP contribution in [0.15, 0.2) is 42.6 Å². The zero-order valence-electron chi connectivity index (χ0n) is 19.5. The molecule has 2 aromatic carbocycles. The SMILES string of the molecule is COc1ccc2c(c1)c(NC(=O)N1C[C@H](F)C[C@H]1C(=O)Nc1cccc(OC(F)(F)F)c1F)cn2C(N)=O. The highest BCUT2D eigenvalue weighted by atomic mass is 19.4. The number of nitrogens with one attached hydrogen (secondary N) is 2. The van der Waals surface area contributed by atoms with Crippen LogP contribution in [0.5, 0.6) is 11.5 Å². The Morgan fingerprint density at radius 2 is 1.84 bits per heavy atom. The van der Waals surface area contributed by atoms with Crippen molar-refractivity contribution in [1.82, 2.24) is 9.47 Å². The van der Waals surface area contributed by atoms with E-state index >= 15 is 0 Å². The average Bonchev–Trinajstić information content (AvgIpc) is 3.41. The van der Waals surface area contributed by atoms with E-state index in [9.17, 15) is 36.3 Å². The number of nitrogens with zero attached hydrogens (tertiary/aromatic N) is 2. The summed E-state index contributed by atoms with van der Waals surface area (Å²) < 4.78 is 76.1. The Bertz CT molecular complexity index is 1410. The molecule has 0 bridgehead atoms. The maximum absolute atomic E-state index is 14.5. The fraction of sp³-hybridized carbons (Fsp3) is 0.261. The Morgan fingerprint density at radius 3 is 2.50 bits per heavy atom. The monoisotopic (exact) mass is 541 g/mol. The second-order valence-corrected chi connectivity index (χ2v) is 8.22. The maximum atomic E-state index is 14.5. The summed E-state index contributed by atoms with van der Waals surface area (Å²) in [7, 11) is 1.41. The molecule has 1 aromatic heterocycles. The highest BCUT2D eigenvalue weighted by Crippen LogP contribution is 2.32. The van der Waals surface area contributed by atoms with E-state index in [1.54, 1.807) is 6.07 Å². The molecule has 0 radical (unpaired) electrons. The van der Waals surface area contributed by atoms with E-state index in [1.165, 1.54) is 25.4 Å². The minimum absolute atomic E-state index is 0.104. The van der Waals surface area contributed by atoms with E-state index < -0.39 is 66.8 Å². The first-order valence-corrected chi connectivity index (χ1v) is 10.9. The zero-order valence-corrected chi connectivity index (χ0v) is 19.5. The second kappa shape index (κ2) is 10.1. The second-order valence-electron chi connectivity index (χ2n) is 8.22. The van der Waals surface area contributed by atoms with Crippen LogP contribution in [0.2, 0.25) is 0 Å². The normalized spacial score (nSPS) is 17.4. The van der Waals surface area contributed by atoms with Crippen LogP contribution < -0.4 is 25.8 Å². The molecule has 1 aliphatic rings. The number of benzene rings is 2. The van der Waals surface area contributed by atoms with Gasteiger partial charge in [0.05, 0.1) is 30.5 Å². The van der Waals surface area contributed by atoms with Gasteiger partial charge in [-0.25, -0.2) is 18.4 Å². The van der Waals surface area contributed by atoms with Crippen molar-refractivity contribution in [3.63, 3.8) is 0 Å². The van der Waals surface area contributed by atoms with Crippen molar-refractivity contribution in [2.45, 2.75) is 25.0 Å². The average molecular weight is 541 g/mol. The van der Waals surface area contributed by atoms with E-state index in [-0.39, 0.29) is 5.69 Å². The minimum Gasteiger partial charge on any atom is -0.497 e. The molecule has 38 heavy (non-hydrogen) atoms. The first-order valence-electron chi connectivity index (χ1n) is 10.9. The van der Waals surface area contributed by atoms with E-state index in [1.807, 2.05) is 0 Å². The molecule has 1 saturated heterocycles. The molecule has 2 atom stereocenters. The number of anilines is 2. The third-order valence-electron chi connectivity index (χ3n) is 5.75. The van der Waals surface area contributed by atoms with Crippen LogP contribution >= 0.6 is 0 Å². The van der Waals surface area contributed by atoms with Crippen molar-refractivity contribution in [3.8, 4) is 11.5 Å². The van der Waals surface area contributed by atoms with E-state index in [0.717, 1.165) is 21.6 Å². The fourth-order valence-corrected chi connectivity index (χ4v) is 4.09. The summed E-state index contributed by atoms with van der Waals surface area (Å²) in [4.78, 5) is 38.6. The smallest absolute Gasteiger partial charge is 0.497 e. The van der Waals surface area contributed by atoms with Gasteiger partial charge in [0.25, 0.3) is 0 Å². The quantitative estimate of drug-likeness (QED) is 0.418. The molecule has 1 aliphatic heterocycles. The van der Waals surface area contributed by atoms with Crippen molar-refractivity contribution >= 4 is 40.2 Å². The number of nitrogens with two attached hydrogens (primary N) is 1. The predicted octanol–water partition coefficient (Wildman–Crippen LogP) is 4.20. The summed E-state index contributed by atoms with van der Waals surface area (Å²) in [6.45, 7) is -0.499. The Morgan fingerprint density at radius 1 is 1.11 bits per heavy atom. The highest BCUT2D eigenvalue weighted by molar-refractivity contribution is 6.06. The lowest BCUT2D eigenvalue weighted by Crippen LogP contribution is -2.45. The van der Waals surface area contributed by atoms with Gasteiger partial charge in [-0.15, -0.1) is 13.2 Å². The van der Waals surface area contributed by atoms with Gasteiger partial charge in [0, 0.05) is 18.0 Å². The molecule has 0 unspecified atom stereocenters. The van der Waals surface area contributed by atoms with Gasteiger partial charge in [0.15, 0.2) is 11.6 Å². The number of halogens is 5. The number of hydrogen-bond acceptors (Lipinski definition) is 5. The van der Waals surface area contributed by atoms with Crippen molar-refractivity contribution in [1.29, 1.82) is 0 Å². The molecule has 0 aliphatic carbocycles. The molecular formula is C23H20F5N5O5. The Hall–Kier alpha value is -4.56. The summed E-state index contributed by atoms with van der Waals surface area (Å²) in [5, 5.41) is 4.94. The van der Waals surface area contributed by atoms with Crippen LogP contribution in [0.3, 0.4) is 0 Å². The molecule has 4 N–H and O–H groups in total. The number of likely N-dealkylation sites (tertiary alicyclic amines) is 1. The first-order chi connectivity index (χ1) is 17.9. The van der Waals surface area contributed by atoms with E-state index in [0.29, 0.717) is 22.7 Å². The van der Waals surface area contributed by atoms with Gasteiger partial charge in [-0.3, -0.25) is 9.36 Å². The molecular weight excluding hydrogens is 521 g/mol. The van der Waals surface area contributed by atoms with Crippen LogP contribution in [-0.4, -0.2) is 59.7 Å². The van der Waals surface area contributed by atoms with Gasteiger partial charge < -0.3 is 30.7 Å². The number of fused-ring (bicyclic) bond motifs is 1. The maximum Gasteiger partial charge on any atom is 0.573 e. The summed E-state index contributed by atoms with van der Waals surface area (Å²) in [6.07, 6.45) is -6.00. The fourth-order valence-electron chi connectivity index (χ4n) is 4.09. The third kappa shape index (κ3) is 5.40. The van der Waals surface area contributed by atoms with Crippen LogP contribution in [0.25, 0.3) is 10.9 Å². The molecule has 4 amide bonds. The number of ether oxygens (including phenoxy) is 2. The van der Waals surface area contributed by atoms with Gasteiger partial charge in [0.1, 0.15) is 18.0 Å². The molecule has 0 spiro atoms. The number of aromatic nitrogens is 1. The number of rotatable bonds is 5. The number of hydrogen-bond donors (Lipinski definition) is 3. The number of urea groups is 1. The summed E-state index contributed by atoms with van der Waals surface area (Å²) >= 11 is 0. The van der Waals surface area contributed by atoms with Crippen molar-refractivity contribution in [2.24, 2.45) is 5.73 Å². The lowest BCUT2D eigenvalue weighted by Gasteiger charge is -2.24. The van der Waals surface area contributed by atoms with Gasteiger partial charge in [-0.2, -0.15) is 0 Å². The molecule has 10 nitrogen and oxygen atoms in total. The van der Waals surface area contributed by atoms with Crippen LogP contribution in [0.4, 0.5) is 42.9 Å². The first kappa shape index (κ1) is 26.5.